The highest BCUT2D eigenvalue weighted by Gasteiger charge is 2.28. The fourth-order valence-electron chi connectivity index (χ4n) is 2.84. The smallest absolute Gasteiger partial charge is 0.317 e. The van der Waals surface area contributed by atoms with E-state index in [9.17, 15) is 9.59 Å². The van der Waals surface area contributed by atoms with Gasteiger partial charge in [0.05, 0.1) is 12.5 Å². The molecule has 138 valence electrons. The maximum Gasteiger partial charge on any atom is 0.317 e. The van der Waals surface area contributed by atoms with Crippen LogP contribution in [0.1, 0.15) is 38.7 Å². The summed E-state index contributed by atoms with van der Waals surface area (Å²) in [6, 6.07) is 7.45. The number of carbonyl (C=O) groups excluding carboxylic acids is 1. The number of hydrogen-bond donors (Lipinski definition) is 2. The predicted molar refractivity (Wildman–Crippen MR) is 95.6 cm³/mol. The van der Waals surface area contributed by atoms with Crippen molar-refractivity contribution in [3.05, 3.63) is 29.8 Å². The van der Waals surface area contributed by atoms with Gasteiger partial charge in [-0.15, -0.1) is 0 Å². The summed E-state index contributed by atoms with van der Waals surface area (Å²) in [5.74, 6) is 0.0613. The van der Waals surface area contributed by atoms with Gasteiger partial charge in [0, 0.05) is 25.2 Å². The number of carbonyl (C=O) groups is 2. The largest absolute Gasteiger partial charge is 0.493 e. The molecule has 1 fully saturated rings. The van der Waals surface area contributed by atoms with Crippen molar-refractivity contribution in [1.82, 2.24) is 10.2 Å². The third-order valence-corrected chi connectivity index (χ3v) is 4.41. The lowest BCUT2D eigenvalue weighted by atomic mass is 9.99. The van der Waals surface area contributed by atoms with E-state index in [0.717, 1.165) is 24.2 Å². The van der Waals surface area contributed by atoms with Gasteiger partial charge in [-0.2, -0.15) is 0 Å². The summed E-state index contributed by atoms with van der Waals surface area (Å²) in [7, 11) is 0. The van der Waals surface area contributed by atoms with Gasteiger partial charge in [-0.25, -0.2) is 4.79 Å². The van der Waals surface area contributed by atoms with Crippen LogP contribution < -0.4 is 10.1 Å². The van der Waals surface area contributed by atoms with Crippen LogP contribution in [-0.2, 0) is 11.3 Å². The van der Waals surface area contributed by atoms with E-state index < -0.39 is 11.9 Å². The van der Waals surface area contributed by atoms with Crippen molar-refractivity contribution in [1.29, 1.82) is 0 Å². The summed E-state index contributed by atoms with van der Waals surface area (Å²) < 4.78 is 5.83. The third-order valence-electron chi connectivity index (χ3n) is 4.41. The Morgan fingerprint density at radius 2 is 2.12 bits per heavy atom. The molecule has 2 N–H and O–H groups in total. The number of nitrogens with zero attached hydrogens (tertiary/aromatic N) is 1. The van der Waals surface area contributed by atoms with Crippen LogP contribution >= 0.6 is 0 Å². The lowest BCUT2D eigenvalue weighted by Crippen LogP contribution is -2.46. The van der Waals surface area contributed by atoms with E-state index in [1.165, 1.54) is 0 Å². The number of benzene rings is 1. The van der Waals surface area contributed by atoms with Crippen LogP contribution in [0.5, 0.6) is 5.75 Å². The van der Waals surface area contributed by atoms with Gasteiger partial charge in [0.25, 0.3) is 0 Å². The molecule has 0 aliphatic carbocycles. The number of likely N-dealkylation sites (tertiary alicyclic amines) is 1. The summed E-state index contributed by atoms with van der Waals surface area (Å²) in [6.07, 6.45) is 2.33. The normalized spacial score (nSPS) is 17.4. The minimum atomic E-state index is -0.832. The van der Waals surface area contributed by atoms with Crippen molar-refractivity contribution in [2.45, 2.75) is 39.7 Å². The average Bonchev–Trinajstić information content (AvgIpc) is 2.60. The highest BCUT2D eigenvalue weighted by molar-refractivity contribution is 5.76. The van der Waals surface area contributed by atoms with Gasteiger partial charge < -0.3 is 20.1 Å². The van der Waals surface area contributed by atoms with Crippen LogP contribution in [0.4, 0.5) is 4.79 Å². The monoisotopic (exact) mass is 348 g/mol. The van der Waals surface area contributed by atoms with Crippen LogP contribution in [0.3, 0.4) is 0 Å². The highest BCUT2D eigenvalue weighted by Crippen LogP contribution is 2.20. The van der Waals surface area contributed by atoms with E-state index in [2.05, 4.69) is 19.2 Å². The molecule has 2 rings (SSSR count). The number of para-hydroxylation sites is 1. The van der Waals surface area contributed by atoms with Crippen LogP contribution in [0.15, 0.2) is 24.3 Å². The van der Waals surface area contributed by atoms with Gasteiger partial charge in [0.1, 0.15) is 5.75 Å². The Kier molecular flexibility index (Phi) is 7.10. The molecule has 1 aromatic rings. The number of carboxylic acids is 1. The number of rotatable bonds is 7. The molecule has 2 amide bonds. The Morgan fingerprint density at radius 1 is 1.36 bits per heavy atom. The maximum absolute atomic E-state index is 12.3. The van der Waals surface area contributed by atoms with Crippen LogP contribution in [0, 0.1) is 11.8 Å². The van der Waals surface area contributed by atoms with E-state index >= 15 is 0 Å². The summed E-state index contributed by atoms with van der Waals surface area (Å²) in [6.45, 7) is 6.19. The SMILES string of the molecule is CC(C)CCOc1ccccc1CNC(=O)N1CCCC(C(=O)O)C1. The molecule has 1 saturated heterocycles. The molecular formula is C19H28N2O4. The number of aliphatic carboxylic acids is 1. The third kappa shape index (κ3) is 5.96. The molecule has 0 aromatic heterocycles. The molecule has 1 aromatic carbocycles. The van der Waals surface area contributed by atoms with E-state index in [4.69, 9.17) is 9.84 Å². The Balaban J connectivity index is 1.88. The van der Waals surface area contributed by atoms with Gasteiger partial charge in [-0.05, 0) is 31.2 Å². The molecular weight excluding hydrogens is 320 g/mol. The van der Waals surface area contributed by atoms with E-state index in [1.54, 1.807) is 4.90 Å². The number of amides is 2. The predicted octanol–water partition coefficient (Wildman–Crippen LogP) is 3.12. The van der Waals surface area contributed by atoms with E-state index in [0.29, 0.717) is 32.0 Å². The zero-order valence-electron chi connectivity index (χ0n) is 15.0. The first-order valence-corrected chi connectivity index (χ1v) is 8.93. The zero-order valence-corrected chi connectivity index (χ0v) is 15.0. The number of carboxylic acid groups (broad SMARTS) is 1. The second-order valence-corrected chi connectivity index (χ2v) is 6.92. The number of ether oxygens (including phenoxy) is 1. The Labute approximate surface area is 149 Å². The van der Waals surface area contributed by atoms with Gasteiger partial charge in [0.15, 0.2) is 0 Å². The second kappa shape index (κ2) is 9.30. The van der Waals surface area contributed by atoms with Crippen LogP contribution in [0.2, 0.25) is 0 Å². The Bertz CT molecular complexity index is 589. The fourth-order valence-corrected chi connectivity index (χ4v) is 2.84. The quantitative estimate of drug-likeness (QED) is 0.793. The molecule has 0 saturated carbocycles. The molecule has 1 heterocycles. The molecule has 0 bridgehead atoms. The van der Waals surface area contributed by atoms with Gasteiger partial charge in [0.2, 0.25) is 0 Å². The molecule has 0 spiro atoms. The fraction of sp³-hybridized carbons (Fsp3) is 0.579. The first-order valence-electron chi connectivity index (χ1n) is 8.93. The number of nitrogens with one attached hydrogen (secondary N) is 1. The molecule has 0 radical (unpaired) electrons. The average molecular weight is 348 g/mol. The maximum atomic E-state index is 12.3. The molecule has 6 heteroatoms. The number of hydrogen-bond acceptors (Lipinski definition) is 3. The van der Waals surface area contributed by atoms with Gasteiger partial charge >= 0.3 is 12.0 Å². The van der Waals surface area contributed by atoms with Gasteiger partial charge in [-0.3, -0.25) is 4.79 Å². The highest BCUT2D eigenvalue weighted by atomic mass is 16.5. The van der Waals surface area contributed by atoms with Crippen molar-refractivity contribution in [3.63, 3.8) is 0 Å². The topological polar surface area (TPSA) is 78.9 Å². The summed E-state index contributed by atoms with van der Waals surface area (Å²) >= 11 is 0. The van der Waals surface area contributed by atoms with Gasteiger partial charge in [-0.1, -0.05) is 32.0 Å². The second-order valence-electron chi connectivity index (χ2n) is 6.92. The first kappa shape index (κ1) is 19.1. The van der Waals surface area contributed by atoms with Crippen molar-refractivity contribution in [2.75, 3.05) is 19.7 Å². The zero-order chi connectivity index (χ0) is 18.2. The Hall–Kier alpha value is -2.24. The van der Waals surface area contributed by atoms with Crippen molar-refractivity contribution in [2.24, 2.45) is 11.8 Å². The molecule has 1 aliphatic rings. The first-order chi connectivity index (χ1) is 12.0. The standard InChI is InChI=1S/C19H28N2O4/c1-14(2)9-11-25-17-8-4-3-6-15(17)12-20-19(24)21-10-5-7-16(13-21)18(22)23/h3-4,6,8,14,16H,5,7,9-13H2,1-2H3,(H,20,24)(H,22,23). The number of piperidine rings is 1. The summed E-state index contributed by atoms with van der Waals surface area (Å²) in [5.41, 5.74) is 0.923. The Morgan fingerprint density at radius 3 is 2.84 bits per heavy atom. The lowest BCUT2D eigenvalue weighted by Gasteiger charge is -2.30. The number of urea groups is 1. The molecule has 1 aliphatic heterocycles. The molecule has 25 heavy (non-hydrogen) atoms. The molecule has 1 atom stereocenters. The van der Waals surface area contributed by atoms with Crippen molar-refractivity contribution < 1.29 is 19.4 Å². The van der Waals surface area contributed by atoms with Crippen molar-refractivity contribution in [3.8, 4) is 5.75 Å². The molecule has 1 unspecified atom stereocenters. The van der Waals surface area contributed by atoms with Crippen LogP contribution in [0.25, 0.3) is 0 Å². The van der Waals surface area contributed by atoms with E-state index in [-0.39, 0.29) is 12.6 Å². The minimum Gasteiger partial charge on any atom is -0.493 e. The molecule has 6 nitrogen and oxygen atoms in total. The van der Waals surface area contributed by atoms with Crippen molar-refractivity contribution >= 4 is 12.0 Å². The van der Waals surface area contributed by atoms with Crippen LogP contribution in [-0.4, -0.2) is 41.7 Å². The summed E-state index contributed by atoms with van der Waals surface area (Å²) in [4.78, 5) is 25.0. The van der Waals surface area contributed by atoms with E-state index in [1.807, 2.05) is 24.3 Å². The summed E-state index contributed by atoms with van der Waals surface area (Å²) in [5, 5.41) is 12.0. The minimum absolute atomic E-state index is 0.220. The lowest BCUT2D eigenvalue weighted by molar-refractivity contribution is -0.143.